The van der Waals surface area contributed by atoms with Gasteiger partial charge in [-0.3, -0.25) is 4.79 Å². The summed E-state index contributed by atoms with van der Waals surface area (Å²) < 4.78 is 8.84. The Bertz CT molecular complexity index is 221. The summed E-state index contributed by atoms with van der Waals surface area (Å²) in [5.74, 6) is -1.11. The maximum atomic E-state index is 10.7. The van der Waals surface area contributed by atoms with Crippen LogP contribution in [0, 0.1) is 0 Å². The molecule has 0 aromatic carbocycles. The van der Waals surface area contributed by atoms with Gasteiger partial charge in [-0.15, -0.1) is 0 Å². The maximum absolute atomic E-state index is 10.7. The normalized spacial score (nSPS) is 8.42. The molecule has 0 saturated heterocycles. The van der Waals surface area contributed by atoms with Gasteiger partial charge in [0, 0.05) is 0 Å². The van der Waals surface area contributed by atoms with Crippen LogP contribution in [0.4, 0.5) is 0 Å². The van der Waals surface area contributed by atoms with Gasteiger partial charge in [-0.2, -0.15) is 0 Å². The fourth-order valence-corrected chi connectivity index (χ4v) is 0.480. The number of hydrogen-bond acceptors (Lipinski definition) is 5. The topological polar surface area (TPSA) is 52.6 Å². The molecule has 12 heavy (non-hydrogen) atoms. The molecule has 0 bridgehead atoms. The number of carbonyl (C=O) groups excluding carboxylic acids is 2. The summed E-state index contributed by atoms with van der Waals surface area (Å²) in [5.41, 5.74) is 0. The summed E-state index contributed by atoms with van der Waals surface area (Å²) in [6, 6.07) is 0. The van der Waals surface area contributed by atoms with Crippen LogP contribution in [0.15, 0.2) is 12.7 Å². The van der Waals surface area contributed by atoms with Gasteiger partial charge in [-0.25, -0.2) is 4.79 Å². The van der Waals surface area contributed by atoms with Gasteiger partial charge in [0.15, 0.2) is 6.61 Å². The van der Waals surface area contributed by atoms with E-state index in [1.807, 2.05) is 0 Å². The molecule has 0 aliphatic heterocycles. The summed E-state index contributed by atoms with van der Waals surface area (Å²) in [6.45, 7) is 2.84. The molecule has 0 spiro atoms. The van der Waals surface area contributed by atoms with E-state index in [1.54, 1.807) is 0 Å². The van der Waals surface area contributed by atoms with Crippen LogP contribution in [-0.2, 0) is 19.1 Å². The molecule has 0 aliphatic carbocycles. The van der Waals surface area contributed by atoms with Gasteiger partial charge in [0.05, 0.1) is 7.11 Å². The molecule has 0 fully saturated rings. The minimum Gasteiger partial charge on any atom is -0.469 e. The third-order valence-corrected chi connectivity index (χ3v) is 1.25. The van der Waals surface area contributed by atoms with E-state index in [1.165, 1.54) is 7.11 Å². The van der Waals surface area contributed by atoms with Gasteiger partial charge in [0.1, 0.15) is 0 Å². The number of thiocarbonyl (C=S) groups is 1. The highest BCUT2D eigenvalue weighted by Crippen LogP contribution is 1.87. The lowest BCUT2D eigenvalue weighted by molar-refractivity contribution is -0.143. The van der Waals surface area contributed by atoms with Crippen LogP contribution in [0.5, 0.6) is 0 Å². The highest BCUT2D eigenvalue weighted by Gasteiger charge is 2.08. The van der Waals surface area contributed by atoms with Gasteiger partial charge in [-0.05, 0) is 18.3 Å². The molecule has 0 heterocycles. The first-order valence-corrected chi connectivity index (χ1v) is 3.43. The largest absolute Gasteiger partial charge is 0.469 e. The SMILES string of the molecule is C=CC(=O)C(=S)OCC(=O)OC. The van der Waals surface area contributed by atoms with Crippen LogP contribution in [0.2, 0.25) is 0 Å². The van der Waals surface area contributed by atoms with Crippen molar-refractivity contribution in [2.24, 2.45) is 0 Å². The molecule has 0 amide bonds. The molecule has 0 radical (unpaired) electrons. The van der Waals surface area contributed by atoms with Crippen molar-refractivity contribution >= 4 is 29.0 Å². The standard InChI is InChI=1S/C7H8O4S/c1-3-5(8)7(12)11-4-6(9)10-2/h3H,1,4H2,2H3. The molecule has 0 saturated carbocycles. The third-order valence-electron chi connectivity index (χ3n) is 0.935. The number of esters is 1. The zero-order chi connectivity index (χ0) is 9.56. The molecule has 0 aliphatic rings. The van der Waals surface area contributed by atoms with Crippen molar-refractivity contribution in [3.8, 4) is 0 Å². The molecular weight excluding hydrogens is 180 g/mol. The molecule has 0 unspecified atom stereocenters. The average Bonchev–Trinajstić information content (AvgIpc) is 2.11. The number of ether oxygens (including phenoxy) is 2. The van der Waals surface area contributed by atoms with Gasteiger partial charge in [0.25, 0.3) is 0 Å². The third kappa shape index (κ3) is 3.82. The van der Waals surface area contributed by atoms with Crippen molar-refractivity contribution in [3.63, 3.8) is 0 Å². The van der Waals surface area contributed by atoms with Gasteiger partial charge in [-0.1, -0.05) is 6.58 Å². The first kappa shape index (κ1) is 10.8. The predicted octanol–water partition coefficient (Wildman–Crippen LogP) is 0.258. The van der Waals surface area contributed by atoms with E-state index in [0.29, 0.717) is 0 Å². The number of hydrogen-bond donors (Lipinski definition) is 0. The van der Waals surface area contributed by atoms with E-state index >= 15 is 0 Å². The molecule has 0 rings (SSSR count). The first-order chi connectivity index (χ1) is 5.61. The van der Waals surface area contributed by atoms with E-state index in [9.17, 15) is 9.59 Å². The quantitative estimate of drug-likeness (QED) is 0.360. The van der Waals surface area contributed by atoms with Gasteiger partial charge in [0.2, 0.25) is 10.8 Å². The van der Waals surface area contributed by atoms with Crippen molar-refractivity contribution in [2.45, 2.75) is 0 Å². The highest BCUT2D eigenvalue weighted by molar-refractivity contribution is 7.81. The maximum Gasteiger partial charge on any atom is 0.343 e. The van der Waals surface area contributed by atoms with Gasteiger partial charge < -0.3 is 9.47 Å². The van der Waals surface area contributed by atoms with E-state index in [4.69, 9.17) is 0 Å². The number of carbonyl (C=O) groups is 2. The summed E-state index contributed by atoms with van der Waals surface area (Å²) in [5, 5.41) is -0.282. The van der Waals surface area contributed by atoms with Crippen LogP contribution in [0.3, 0.4) is 0 Å². The molecule has 0 aromatic rings. The van der Waals surface area contributed by atoms with E-state index in [0.717, 1.165) is 6.08 Å². The number of methoxy groups -OCH3 is 1. The zero-order valence-corrected chi connectivity index (χ0v) is 7.35. The van der Waals surface area contributed by atoms with Crippen molar-refractivity contribution in [1.29, 1.82) is 0 Å². The van der Waals surface area contributed by atoms with Crippen LogP contribution >= 0.6 is 12.2 Å². The van der Waals surface area contributed by atoms with Crippen molar-refractivity contribution in [1.82, 2.24) is 0 Å². The highest BCUT2D eigenvalue weighted by atomic mass is 32.1. The van der Waals surface area contributed by atoms with E-state index in [2.05, 4.69) is 28.3 Å². The Morgan fingerprint density at radius 1 is 1.58 bits per heavy atom. The smallest absolute Gasteiger partial charge is 0.343 e. The zero-order valence-electron chi connectivity index (χ0n) is 6.53. The lowest BCUT2D eigenvalue weighted by atomic mass is 10.4. The number of ketones is 1. The molecular formula is C7H8O4S. The van der Waals surface area contributed by atoms with Gasteiger partial charge >= 0.3 is 5.97 Å². The van der Waals surface area contributed by atoms with Crippen LogP contribution < -0.4 is 0 Å². The van der Waals surface area contributed by atoms with Crippen molar-refractivity contribution in [3.05, 3.63) is 12.7 Å². The Kier molecular flexibility index (Phi) is 4.87. The fraction of sp³-hybridized carbons (Fsp3) is 0.286. The Morgan fingerprint density at radius 2 is 2.17 bits per heavy atom. The molecule has 4 nitrogen and oxygen atoms in total. The minimum atomic E-state index is -0.589. The lowest BCUT2D eigenvalue weighted by Crippen LogP contribution is -2.18. The molecule has 0 aromatic heterocycles. The lowest BCUT2D eigenvalue weighted by Gasteiger charge is -2.01. The number of rotatable bonds is 4. The fourth-order valence-electron chi connectivity index (χ4n) is 0.338. The molecule has 66 valence electrons. The second-order valence-corrected chi connectivity index (χ2v) is 2.09. The Hall–Kier alpha value is -1.23. The molecule has 5 heteroatoms. The minimum absolute atomic E-state index is 0.282. The average molecular weight is 188 g/mol. The van der Waals surface area contributed by atoms with E-state index in [-0.39, 0.29) is 11.7 Å². The monoisotopic (exact) mass is 188 g/mol. The second-order valence-electron chi connectivity index (χ2n) is 1.72. The summed E-state index contributed by atoms with van der Waals surface area (Å²) in [7, 11) is 1.21. The predicted molar refractivity (Wildman–Crippen MR) is 45.8 cm³/mol. The van der Waals surface area contributed by atoms with Crippen LogP contribution in [-0.4, -0.2) is 30.5 Å². The Balaban J connectivity index is 3.79. The Morgan fingerprint density at radius 3 is 2.58 bits per heavy atom. The Labute approximate surface area is 75.1 Å². The van der Waals surface area contributed by atoms with Crippen molar-refractivity contribution in [2.75, 3.05) is 13.7 Å². The molecule has 0 atom stereocenters. The van der Waals surface area contributed by atoms with E-state index < -0.39 is 11.8 Å². The summed E-state index contributed by atoms with van der Waals surface area (Å²) >= 11 is 4.49. The summed E-state index contributed by atoms with van der Waals surface area (Å²) in [4.78, 5) is 21.2. The van der Waals surface area contributed by atoms with Crippen LogP contribution in [0.1, 0.15) is 0 Å². The van der Waals surface area contributed by atoms with Crippen molar-refractivity contribution < 1.29 is 19.1 Å². The first-order valence-electron chi connectivity index (χ1n) is 3.02. The second kappa shape index (κ2) is 5.42. The van der Waals surface area contributed by atoms with Crippen LogP contribution in [0.25, 0.3) is 0 Å². The molecule has 0 N–H and O–H groups in total. The summed E-state index contributed by atoms with van der Waals surface area (Å²) in [6.07, 6.45) is 1.01.